The van der Waals surface area contributed by atoms with Crippen LogP contribution in [-0.2, 0) is 0 Å². The average molecular weight is 354 g/mol. The van der Waals surface area contributed by atoms with Gasteiger partial charge in [-0.2, -0.15) is 0 Å². The molecule has 0 aliphatic carbocycles. The molecule has 2 N–H and O–H groups in total. The zero-order chi connectivity index (χ0) is 17.6. The van der Waals surface area contributed by atoms with Crippen LogP contribution in [0, 0.1) is 5.21 Å². The van der Waals surface area contributed by atoms with E-state index in [0.29, 0.717) is 23.1 Å². The van der Waals surface area contributed by atoms with E-state index in [1.807, 2.05) is 30.5 Å². The summed E-state index contributed by atoms with van der Waals surface area (Å²) in [6.07, 6.45) is 3.48. The number of aromatic nitrogens is 2. The highest BCUT2D eigenvalue weighted by molar-refractivity contribution is 7.98. The molecular formula is C18H18N4O2S. The van der Waals surface area contributed by atoms with Crippen molar-refractivity contribution in [3.8, 4) is 11.6 Å². The fourth-order valence-corrected chi connectivity index (χ4v) is 2.57. The van der Waals surface area contributed by atoms with Gasteiger partial charge >= 0.3 is 0 Å². The van der Waals surface area contributed by atoms with E-state index in [2.05, 4.69) is 15.3 Å². The normalized spacial score (nSPS) is 11.8. The summed E-state index contributed by atoms with van der Waals surface area (Å²) in [6, 6.07) is 16.7. The number of hydrogen-bond acceptors (Lipinski definition) is 6. The van der Waals surface area contributed by atoms with E-state index in [1.54, 1.807) is 42.1 Å². The van der Waals surface area contributed by atoms with Gasteiger partial charge in [0.1, 0.15) is 23.6 Å². The Morgan fingerprint density at radius 2 is 1.76 bits per heavy atom. The number of hydroxylamine groups is 1. The topological polar surface area (TPSA) is 74.5 Å². The first kappa shape index (κ1) is 17.2. The minimum absolute atomic E-state index is 0.0209. The van der Waals surface area contributed by atoms with Gasteiger partial charge in [-0.05, 0) is 42.7 Å². The third kappa shape index (κ3) is 4.69. The monoisotopic (exact) mass is 354 g/mol. The molecule has 0 amide bonds. The van der Waals surface area contributed by atoms with Crippen LogP contribution in [0.15, 0.2) is 65.8 Å². The maximum Gasteiger partial charge on any atom is 0.224 e. The summed E-state index contributed by atoms with van der Waals surface area (Å²) in [4.78, 5) is 9.52. The number of benzene rings is 2. The molecule has 1 atom stereocenters. The molecule has 0 saturated carbocycles. The molecule has 0 fully saturated rings. The Labute approximate surface area is 150 Å². The summed E-state index contributed by atoms with van der Waals surface area (Å²) >= 11 is 1.70. The van der Waals surface area contributed by atoms with Crippen LogP contribution in [0.25, 0.3) is 0 Å². The fraction of sp³-hybridized carbons (Fsp3) is 0.111. The van der Waals surface area contributed by atoms with Gasteiger partial charge in [0.2, 0.25) is 5.88 Å². The minimum atomic E-state index is 0.0209. The summed E-state index contributed by atoms with van der Waals surface area (Å²) in [5.41, 5.74) is 1.58. The fourth-order valence-electron chi connectivity index (χ4n) is 2.16. The van der Waals surface area contributed by atoms with Crippen molar-refractivity contribution >= 4 is 29.0 Å². The van der Waals surface area contributed by atoms with Crippen LogP contribution < -0.4 is 15.1 Å². The molecule has 7 heteroatoms. The Morgan fingerprint density at radius 1 is 1.04 bits per heavy atom. The van der Waals surface area contributed by atoms with Gasteiger partial charge in [0.25, 0.3) is 0 Å². The Hall–Kier alpha value is -2.61. The van der Waals surface area contributed by atoms with Gasteiger partial charge in [0.15, 0.2) is 0 Å². The van der Waals surface area contributed by atoms with E-state index in [0.717, 1.165) is 5.69 Å². The van der Waals surface area contributed by atoms with Crippen molar-refractivity contribution in [1.82, 2.24) is 9.97 Å². The number of quaternary nitrogens is 1. The molecule has 3 aromatic rings. The van der Waals surface area contributed by atoms with Crippen molar-refractivity contribution in [3.05, 3.63) is 66.1 Å². The Balaban J connectivity index is 1.70. The predicted molar refractivity (Wildman–Crippen MR) is 100.0 cm³/mol. The largest absolute Gasteiger partial charge is 0.629 e. The van der Waals surface area contributed by atoms with Gasteiger partial charge in [0.05, 0.1) is 7.05 Å². The highest BCUT2D eigenvalue weighted by Gasteiger charge is 2.04. The number of nitrogens with zero attached hydrogens (tertiary/aromatic N) is 2. The predicted octanol–water partition coefficient (Wildman–Crippen LogP) is 3.38. The highest BCUT2D eigenvalue weighted by atomic mass is 32.2. The van der Waals surface area contributed by atoms with Crippen molar-refractivity contribution in [1.29, 1.82) is 0 Å². The first-order chi connectivity index (χ1) is 12.1. The van der Waals surface area contributed by atoms with Crippen molar-refractivity contribution < 1.29 is 9.80 Å². The van der Waals surface area contributed by atoms with E-state index in [1.165, 1.54) is 18.3 Å². The van der Waals surface area contributed by atoms with Crippen LogP contribution in [0.3, 0.4) is 0 Å². The lowest BCUT2D eigenvalue weighted by atomic mass is 10.3. The maximum absolute atomic E-state index is 11.3. The smallest absolute Gasteiger partial charge is 0.224 e. The van der Waals surface area contributed by atoms with Crippen molar-refractivity contribution in [2.75, 3.05) is 18.6 Å². The molecule has 0 aliphatic rings. The summed E-state index contributed by atoms with van der Waals surface area (Å²) in [5.74, 6) is 1.68. The first-order valence-corrected chi connectivity index (χ1v) is 8.88. The lowest BCUT2D eigenvalue weighted by Gasteiger charge is -2.15. The van der Waals surface area contributed by atoms with Crippen molar-refractivity contribution in [2.45, 2.75) is 4.90 Å². The third-order valence-electron chi connectivity index (χ3n) is 3.49. The molecule has 25 heavy (non-hydrogen) atoms. The van der Waals surface area contributed by atoms with Crippen LogP contribution in [0.4, 0.5) is 17.2 Å². The van der Waals surface area contributed by atoms with Crippen LogP contribution in [0.1, 0.15) is 0 Å². The molecule has 0 spiro atoms. The number of hydrogen-bond donors (Lipinski definition) is 2. The van der Waals surface area contributed by atoms with Gasteiger partial charge < -0.3 is 20.3 Å². The summed E-state index contributed by atoms with van der Waals surface area (Å²) in [7, 11) is 1.53. The van der Waals surface area contributed by atoms with Gasteiger partial charge in [-0.15, -0.1) is 11.8 Å². The molecular weight excluding hydrogens is 336 g/mol. The van der Waals surface area contributed by atoms with Crippen LogP contribution >= 0.6 is 11.8 Å². The minimum Gasteiger partial charge on any atom is -0.629 e. The van der Waals surface area contributed by atoms with Gasteiger partial charge in [-0.3, -0.25) is 0 Å². The maximum atomic E-state index is 11.3. The number of anilines is 2. The lowest BCUT2D eigenvalue weighted by Crippen LogP contribution is -2.98. The Morgan fingerprint density at radius 3 is 2.40 bits per heavy atom. The standard InChI is InChI=1S/C18H18N4O2S/c1-22(23)14-5-7-15(8-6-14)24-18-11-17(19-12-20-18)21-13-3-9-16(25-2)10-4-13/h3-12,22H,1-2H3,(H,19,20,21). The van der Waals surface area contributed by atoms with Crippen LogP contribution in [0.5, 0.6) is 11.6 Å². The second-order valence-corrected chi connectivity index (χ2v) is 6.16. The van der Waals surface area contributed by atoms with E-state index < -0.39 is 0 Å². The van der Waals surface area contributed by atoms with E-state index in [-0.39, 0.29) is 5.06 Å². The molecule has 128 valence electrons. The molecule has 0 radical (unpaired) electrons. The molecule has 0 bridgehead atoms. The number of nitrogens with one attached hydrogen (secondary N) is 2. The summed E-state index contributed by atoms with van der Waals surface area (Å²) in [6.45, 7) is 0. The van der Waals surface area contributed by atoms with Crippen LogP contribution in [0.2, 0.25) is 0 Å². The number of rotatable bonds is 6. The van der Waals surface area contributed by atoms with Crippen molar-refractivity contribution in [2.24, 2.45) is 0 Å². The highest BCUT2D eigenvalue weighted by Crippen LogP contribution is 2.24. The molecule has 0 aliphatic heterocycles. The average Bonchev–Trinajstić information content (AvgIpc) is 2.63. The van der Waals surface area contributed by atoms with E-state index in [9.17, 15) is 5.21 Å². The van der Waals surface area contributed by atoms with Crippen LogP contribution in [-0.4, -0.2) is 23.3 Å². The van der Waals surface area contributed by atoms with E-state index in [4.69, 9.17) is 4.74 Å². The molecule has 2 aromatic carbocycles. The second kappa shape index (κ2) is 7.98. The SMILES string of the molecule is CSc1ccc(Nc2cc(Oc3ccc([NH+](C)[O-])cc3)ncn2)cc1. The Kier molecular flexibility index (Phi) is 5.49. The zero-order valence-electron chi connectivity index (χ0n) is 13.9. The molecule has 3 rings (SSSR count). The van der Waals surface area contributed by atoms with Gasteiger partial charge in [-0.1, -0.05) is 0 Å². The van der Waals surface area contributed by atoms with Gasteiger partial charge in [0, 0.05) is 28.8 Å². The first-order valence-electron chi connectivity index (χ1n) is 7.66. The van der Waals surface area contributed by atoms with E-state index >= 15 is 0 Å². The molecule has 1 heterocycles. The molecule has 1 unspecified atom stereocenters. The number of thioether (sulfide) groups is 1. The third-order valence-corrected chi connectivity index (χ3v) is 4.23. The zero-order valence-corrected chi connectivity index (χ0v) is 14.7. The molecule has 0 saturated heterocycles. The summed E-state index contributed by atoms with van der Waals surface area (Å²) < 4.78 is 5.72. The quantitative estimate of drug-likeness (QED) is 0.522. The second-order valence-electron chi connectivity index (χ2n) is 5.28. The Bertz CT molecular complexity index is 823. The number of ether oxygens (including phenoxy) is 1. The molecule has 6 nitrogen and oxygen atoms in total. The van der Waals surface area contributed by atoms with Crippen molar-refractivity contribution in [3.63, 3.8) is 0 Å². The van der Waals surface area contributed by atoms with Gasteiger partial charge in [-0.25, -0.2) is 9.97 Å². The lowest BCUT2D eigenvalue weighted by molar-refractivity contribution is -0.751. The summed E-state index contributed by atoms with van der Waals surface area (Å²) in [5, 5.41) is 14.5. The molecule has 1 aromatic heterocycles.